The van der Waals surface area contributed by atoms with Crippen molar-refractivity contribution in [1.82, 2.24) is 0 Å². The molecule has 0 heterocycles. The maximum absolute atomic E-state index is 11.5. The summed E-state index contributed by atoms with van der Waals surface area (Å²) in [6.07, 6.45) is 0. The summed E-state index contributed by atoms with van der Waals surface area (Å²) in [6, 6.07) is 5.03. The van der Waals surface area contributed by atoms with Gasteiger partial charge in [-0.2, -0.15) is 0 Å². The molecule has 1 aromatic rings. The molecule has 0 aliphatic rings. The number of halogens is 2. The first-order chi connectivity index (χ1) is 6.02. The van der Waals surface area contributed by atoms with E-state index in [0.717, 1.165) is 0 Å². The maximum Gasteiger partial charge on any atom is 0.181 e. The second-order valence-corrected chi connectivity index (χ2v) is 4.23. The van der Waals surface area contributed by atoms with Gasteiger partial charge in [0.25, 0.3) is 0 Å². The molecule has 0 aromatic heterocycles. The number of ketones is 1. The van der Waals surface area contributed by atoms with Crippen LogP contribution in [0.15, 0.2) is 22.7 Å². The summed E-state index contributed by atoms with van der Waals surface area (Å²) in [5, 5.41) is -0.514. The minimum absolute atomic E-state index is 0.103. The SMILES string of the molecule is CC(Cl)C(=O)c1ccc(N)cc1Br. The van der Waals surface area contributed by atoms with Gasteiger partial charge in [-0.25, -0.2) is 0 Å². The zero-order valence-electron chi connectivity index (χ0n) is 7.05. The third-order valence-electron chi connectivity index (χ3n) is 1.62. The summed E-state index contributed by atoms with van der Waals surface area (Å²) in [5.41, 5.74) is 6.71. The van der Waals surface area contributed by atoms with Crippen LogP contribution in [0.1, 0.15) is 17.3 Å². The smallest absolute Gasteiger partial charge is 0.181 e. The van der Waals surface area contributed by atoms with E-state index in [1.54, 1.807) is 25.1 Å². The minimum atomic E-state index is -0.514. The van der Waals surface area contributed by atoms with Gasteiger partial charge >= 0.3 is 0 Å². The van der Waals surface area contributed by atoms with Gasteiger partial charge in [-0.05, 0) is 41.1 Å². The molecular formula is C9H9BrClNO. The van der Waals surface area contributed by atoms with E-state index in [1.165, 1.54) is 0 Å². The van der Waals surface area contributed by atoms with Crippen LogP contribution in [0.25, 0.3) is 0 Å². The number of alkyl halides is 1. The fourth-order valence-electron chi connectivity index (χ4n) is 0.945. The van der Waals surface area contributed by atoms with Gasteiger partial charge in [-0.3, -0.25) is 4.79 Å². The van der Waals surface area contributed by atoms with E-state index in [-0.39, 0.29) is 5.78 Å². The van der Waals surface area contributed by atoms with E-state index in [4.69, 9.17) is 17.3 Å². The van der Waals surface area contributed by atoms with Crippen LogP contribution in [0.5, 0.6) is 0 Å². The lowest BCUT2D eigenvalue weighted by atomic mass is 10.1. The Morgan fingerprint density at radius 3 is 2.69 bits per heavy atom. The van der Waals surface area contributed by atoms with Crippen molar-refractivity contribution in [3.8, 4) is 0 Å². The van der Waals surface area contributed by atoms with E-state index >= 15 is 0 Å². The molecule has 0 aliphatic heterocycles. The quantitative estimate of drug-likeness (QED) is 0.506. The van der Waals surface area contributed by atoms with Crippen molar-refractivity contribution in [2.45, 2.75) is 12.3 Å². The molecule has 1 atom stereocenters. The van der Waals surface area contributed by atoms with Crippen LogP contribution >= 0.6 is 27.5 Å². The number of hydrogen-bond acceptors (Lipinski definition) is 2. The molecule has 1 aromatic carbocycles. The van der Waals surface area contributed by atoms with Crippen molar-refractivity contribution in [2.24, 2.45) is 0 Å². The van der Waals surface area contributed by atoms with Crippen molar-refractivity contribution in [1.29, 1.82) is 0 Å². The topological polar surface area (TPSA) is 43.1 Å². The lowest BCUT2D eigenvalue weighted by Gasteiger charge is -2.05. The summed E-state index contributed by atoms with van der Waals surface area (Å²) in [4.78, 5) is 11.5. The monoisotopic (exact) mass is 261 g/mol. The largest absolute Gasteiger partial charge is 0.399 e. The summed E-state index contributed by atoms with van der Waals surface area (Å²) < 4.78 is 0.685. The molecule has 70 valence electrons. The first-order valence-corrected chi connectivity index (χ1v) is 4.98. The lowest BCUT2D eigenvalue weighted by Crippen LogP contribution is -2.11. The number of carbonyl (C=O) groups excluding carboxylic acids is 1. The second kappa shape index (κ2) is 4.11. The van der Waals surface area contributed by atoms with Gasteiger partial charge in [0.1, 0.15) is 0 Å². The number of benzene rings is 1. The van der Waals surface area contributed by atoms with Gasteiger partial charge in [-0.15, -0.1) is 11.6 Å². The van der Waals surface area contributed by atoms with Gasteiger partial charge in [0.15, 0.2) is 5.78 Å². The maximum atomic E-state index is 11.5. The summed E-state index contributed by atoms with van der Waals surface area (Å²) in [6.45, 7) is 1.65. The number of rotatable bonds is 2. The molecule has 0 bridgehead atoms. The third-order valence-corrected chi connectivity index (χ3v) is 2.47. The van der Waals surface area contributed by atoms with Crippen LogP contribution in [-0.2, 0) is 0 Å². The molecule has 2 N–H and O–H groups in total. The van der Waals surface area contributed by atoms with Crippen molar-refractivity contribution in [3.63, 3.8) is 0 Å². The number of nitrogen functional groups attached to an aromatic ring is 1. The summed E-state index contributed by atoms with van der Waals surface area (Å²) in [5.74, 6) is -0.103. The summed E-state index contributed by atoms with van der Waals surface area (Å²) in [7, 11) is 0. The molecule has 0 aliphatic carbocycles. The Bertz CT molecular complexity index is 338. The molecular weight excluding hydrogens is 253 g/mol. The molecule has 0 spiro atoms. The zero-order chi connectivity index (χ0) is 10.0. The van der Waals surface area contributed by atoms with E-state index in [2.05, 4.69) is 15.9 Å². The van der Waals surface area contributed by atoms with Gasteiger partial charge < -0.3 is 5.73 Å². The Labute approximate surface area is 90.2 Å². The van der Waals surface area contributed by atoms with Gasteiger partial charge in [-0.1, -0.05) is 0 Å². The van der Waals surface area contributed by atoms with Crippen LogP contribution < -0.4 is 5.73 Å². The normalized spacial score (nSPS) is 12.5. The van der Waals surface area contributed by atoms with Crippen LogP contribution in [0, 0.1) is 0 Å². The number of carbonyl (C=O) groups is 1. The van der Waals surface area contributed by atoms with Crippen molar-refractivity contribution in [3.05, 3.63) is 28.2 Å². The fraction of sp³-hybridized carbons (Fsp3) is 0.222. The predicted octanol–water partition coefficient (Wildman–Crippen LogP) is 2.84. The van der Waals surface area contributed by atoms with E-state index in [0.29, 0.717) is 15.7 Å². The molecule has 2 nitrogen and oxygen atoms in total. The molecule has 1 unspecified atom stereocenters. The van der Waals surface area contributed by atoms with Gasteiger partial charge in [0, 0.05) is 15.7 Å². The first kappa shape index (κ1) is 10.5. The molecule has 1 rings (SSSR count). The number of anilines is 1. The van der Waals surface area contributed by atoms with Crippen LogP contribution in [0.3, 0.4) is 0 Å². The van der Waals surface area contributed by atoms with Gasteiger partial charge in [0.2, 0.25) is 0 Å². The Kier molecular flexibility index (Phi) is 3.33. The zero-order valence-corrected chi connectivity index (χ0v) is 9.39. The number of Topliss-reactive ketones (excluding diaryl/α,β-unsaturated/α-hetero) is 1. The van der Waals surface area contributed by atoms with E-state index in [1.807, 2.05) is 0 Å². The van der Waals surface area contributed by atoms with E-state index in [9.17, 15) is 4.79 Å². The highest BCUT2D eigenvalue weighted by atomic mass is 79.9. The standard InChI is InChI=1S/C9H9BrClNO/c1-5(11)9(13)7-3-2-6(12)4-8(7)10/h2-5H,12H2,1H3. The second-order valence-electron chi connectivity index (χ2n) is 2.72. The lowest BCUT2D eigenvalue weighted by molar-refractivity contribution is 0.0991. The Morgan fingerprint density at radius 1 is 1.62 bits per heavy atom. The Hall–Kier alpha value is -0.540. The summed E-state index contributed by atoms with van der Waals surface area (Å²) >= 11 is 8.93. The molecule has 0 saturated carbocycles. The van der Waals surface area contributed by atoms with Gasteiger partial charge in [0.05, 0.1) is 5.38 Å². The van der Waals surface area contributed by atoms with Crippen molar-refractivity contribution < 1.29 is 4.79 Å². The highest BCUT2D eigenvalue weighted by molar-refractivity contribution is 9.10. The average Bonchev–Trinajstić information content (AvgIpc) is 2.03. The fourth-order valence-corrected chi connectivity index (χ4v) is 1.65. The van der Waals surface area contributed by atoms with Crippen LogP contribution in [0.2, 0.25) is 0 Å². The first-order valence-electron chi connectivity index (χ1n) is 3.75. The molecule has 4 heteroatoms. The average molecular weight is 263 g/mol. The molecule has 0 saturated heterocycles. The molecule has 0 amide bonds. The number of hydrogen-bond donors (Lipinski definition) is 1. The molecule has 13 heavy (non-hydrogen) atoms. The van der Waals surface area contributed by atoms with Crippen LogP contribution in [-0.4, -0.2) is 11.2 Å². The minimum Gasteiger partial charge on any atom is -0.399 e. The van der Waals surface area contributed by atoms with Crippen LogP contribution in [0.4, 0.5) is 5.69 Å². The molecule has 0 fully saturated rings. The highest BCUT2D eigenvalue weighted by Gasteiger charge is 2.14. The molecule has 0 radical (unpaired) electrons. The number of nitrogens with two attached hydrogens (primary N) is 1. The predicted molar refractivity (Wildman–Crippen MR) is 58.2 cm³/mol. The third kappa shape index (κ3) is 2.45. The van der Waals surface area contributed by atoms with E-state index < -0.39 is 5.38 Å². The Balaban J connectivity index is 3.09. The van der Waals surface area contributed by atoms with Crippen molar-refractivity contribution >= 4 is 39.0 Å². The Morgan fingerprint density at radius 2 is 2.23 bits per heavy atom. The highest BCUT2D eigenvalue weighted by Crippen LogP contribution is 2.22. The van der Waals surface area contributed by atoms with Crippen molar-refractivity contribution in [2.75, 3.05) is 5.73 Å².